The Morgan fingerprint density at radius 1 is 1.89 bits per heavy atom. The van der Waals surface area contributed by atoms with Crippen LogP contribution in [0.15, 0.2) is 12.7 Å². The smallest absolute Gasteiger partial charge is 0.260 e. The standard InChI is InChI=1S/C6H12N2O/c1-4-6(9)8(5-2)7-3/h4,7H,1,5H2,2-3H3. The predicted molar refractivity (Wildman–Crippen MR) is 36.6 cm³/mol. The van der Waals surface area contributed by atoms with Crippen LogP contribution in [0, 0.1) is 0 Å². The van der Waals surface area contributed by atoms with Gasteiger partial charge < -0.3 is 0 Å². The Hall–Kier alpha value is -0.830. The lowest BCUT2D eigenvalue weighted by molar-refractivity contribution is -0.128. The molecule has 0 aliphatic carbocycles. The molecule has 1 N–H and O–H groups in total. The van der Waals surface area contributed by atoms with E-state index in [4.69, 9.17) is 0 Å². The van der Waals surface area contributed by atoms with Crippen LogP contribution < -0.4 is 5.43 Å². The van der Waals surface area contributed by atoms with Gasteiger partial charge >= 0.3 is 0 Å². The molecule has 0 rings (SSSR count). The Morgan fingerprint density at radius 3 is 2.56 bits per heavy atom. The van der Waals surface area contributed by atoms with Gasteiger partial charge in [-0.1, -0.05) is 6.58 Å². The summed E-state index contributed by atoms with van der Waals surface area (Å²) in [6, 6.07) is 0. The third-order valence-electron chi connectivity index (χ3n) is 1.03. The molecule has 0 aromatic carbocycles. The van der Waals surface area contributed by atoms with Gasteiger partial charge in [0.05, 0.1) is 0 Å². The Morgan fingerprint density at radius 2 is 2.44 bits per heavy atom. The van der Waals surface area contributed by atoms with E-state index in [1.807, 2.05) is 6.92 Å². The van der Waals surface area contributed by atoms with Crippen molar-refractivity contribution in [3.05, 3.63) is 12.7 Å². The molecule has 0 spiro atoms. The van der Waals surface area contributed by atoms with Crippen LogP contribution in [0.1, 0.15) is 6.92 Å². The van der Waals surface area contributed by atoms with Gasteiger partial charge in [-0.05, 0) is 13.0 Å². The Bertz CT molecular complexity index is 108. The lowest BCUT2D eigenvalue weighted by Crippen LogP contribution is -2.38. The molecule has 52 valence electrons. The third kappa shape index (κ3) is 2.28. The molecule has 0 aromatic rings. The predicted octanol–water partition coefficient (Wildman–Crippen LogP) is 0.155. The van der Waals surface area contributed by atoms with Gasteiger partial charge in [0.25, 0.3) is 5.91 Å². The van der Waals surface area contributed by atoms with E-state index in [0.717, 1.165) is 0 Å². The van der Waals surface area contributed by atoms with Crippen LogP contribution in [-0.4, -0.2) is 24.5 Å². The second kappa shape index (κ2) is 4.09. The summed E-state index contributed by atoms with van der Waals surface area (Å²) in [5, 5.41) is 1.47. The number of nitrogens with zero attached hydrogens (tertiary/aromatic N) is 1. The number of hydrazine groups is 1. The summed E-state index contributed by atoms with van der Waals surface area (Å²) in [5.74, 6) is -0.0972. The second-order valence-electron chi connectivity index (χ2n) is 1.51. The number of amides is 1. The van der Waals surface area contributed by atoms with Crippen molar-refractivity contribution in [2.24, 2.45) is 0 Å². The van der Waals surface area contributed by atoms with Crippen molar-refractivity contribution in [3.8, 4) is 0 Å². The molecule has 0 fully saturated rings. The van der Waals surface area contributed by atoms with Gasteiger partial charge in [-0.25, -0.2) is 5.43 Å². The van der Waals surface area contributed by atoms with E-state index in [-0.39, 0.29) is 5.91 Å². The molecule has 0 radical (unpaired) electrons. The lowest BCUT2D eigenvalue weighted by atomic mass is 10.5. The highest BCUT2D eigenvalue weighted by Crippen LogP contribution is 1.81. The van der Waals surface area contributed by atoms with Gasteiger partial charge in [0, 0.05) is 13.6 Å². The highest BCUT2D eigenvalue weighted by atomic mass is 16.2. The van der Waals surface area contributed by atoms with E-state index in [1.54, 1.807) is 7.05 Å². The first-order chi connectivity index (χ1) is 4.26. The first kappa shape index (κ1) is 8.17. The van der Waals surface area contributed by atoms with Gasteiger partial charge in [-0.15, -0.1) is 0 Å². The minimum Gasteiger partial charge on any atom is -0.275 e. The number of carbonyl (C=O) groups excluding carboxylic acids is 1. The van der Waals surface area contributed by atoms with Gasteiger partial charge in [-0.3, -0.25) is 9.80 Å². The molecule has 0 aliphatic rings. The second-order valence-corrected chi connectivity index (χ2v) is 1.51. The SMILES string of the molecule is C=CC(=O)N(CC)NC. The third-order valence-corrected chi connectivity index (χ3v) is 1.03. The summed E-state index contributed by atoms with van der Waals surface area (Å²) >= 11 is 0. The normalized spacial score (nSPS) is 8.67. The maximum absolute atomic E-state index is 10.7. The number of likely N-dealkylation sites (N-methyl/N-ethyl adjacent to an activating group) is 1. The highest BCUT2D eigenvalue weighted by Gasteiger charge is 2.01. The van der Waals surface area contributed by atoms with Crippen molar-refractivity contribution in [1.82, 2.24) is 10.4 Å². The fourth-order valence-electron chi connectivity index (χ4n) is 0.534. The van der Waals surface area contributed by atoms with Crippen LogP contribution in [0.2, 0.25) is 0 Å². The maximum Gasteiger partial charge on any atom is 0.260 e. The largest absolute Gasteiger partial charge is 0.275 e. The molecule has 0 aliphatic heterocycles. The summed E-state index contributed by atoms with van der Waals surface area (Å²) in [6.45, 7) is 5.89. The molecule has 0 saturated heterocycles. The topological polar surface area (TPSA) is 32.3 Å². The monoisotopic (exact) mass is 128 g/mol. The van der Waals surface area contributed by atoms with Crippen LogP contribution >= 0.6 is 0 Å². The summed E-state index contributed by atoms with van der Waals surface area (Å²) in [5.41, 5.74) is 2.71. The Labute approximate surface area is 55.3 Å². The number of hydrogen-bond donors (Lipinski definition) is 1. The molecule has 3 heteroatoms. The molecular weight excluding hydrogens is 116 g/mol. The minimum absolute atomic E-state index is 0.0972. The van der Waals surface area contributed by atoms with Crippen molar-refractivity contribution >= 4 is 5.91 Å². The van der Waals surface area contributed by atoms with E-state index < -0.39 is 0 Å². The van der Waals surface area contributed by atoms with Crippen molar-refractivity contribution in [3.63, 3.8) is 0 Å². The maximum atomic E-state index is 10.7. The fourth-order valence-corrected chi connectivity index (χ4v) is 0.534. The van der Waals surface area contributed by atoms with Crippen molar-refractivity contribution in [2.75, 3.05) is 13.6 Å². The van der Waals surface area contributed by atoms with Crippen LogP contribution in [0.25, 0.3) is 0 Å². The van der Waals surface area contributed by atoms with Crippen molar-refractivity contribution in [1.29, 1.82) is 0 Å². The summed E-state index contributed by atoms with van der Waals surface area (Å²) < 4.78 is 0. The average Bonchev–Trinajstić information content (AvgIpc) is 1.90. The van der Waals surface area contributed by atoms with E-state index in [0.29, 0.717) is 6.54 Å². The van der Waals surface area contributed by atoms with Gasteiger partial charge in [0.15, 0.2) is 0 Å². The van der Waals surface area contributed by atoms with Crippen molar-refractivity contribution in [2.45, 2.75) is 6.92 Å². The molecular formula is C6H12N2O. The van der Waals surface area contributed by atoms with Crippen molar-refractivity contribution < 1.29 is 4.79 Å². The number of hydrogen-bond acceptors (Lipinski definition) is 2. The minimum atomic E-state index is -0.0972. The first-order valence-electron chi connectivity index (χ1n) is 2.87. The molecule has 9 heavy (non-hydrogen) atoms. The number of carbonyl (C=O) groups is 1. The first-order valence-corrected chi connectivity index (χ1v) is 2.87. The fraction of sp³-hybridized carbons (Fsp3) is 0.500. The van der Waals surface area contributed by atoms with E-state index >= 15 is 0 Å². The quantitative estimate of drug-likeness (QED) is 0.433. The molecule has 0 bridgehead atoms. The zero-order chi connectivity index (χ0) is 7.28. The van der Waals surface area contributed by atoms with Crippen LogP contribution in [0.4, 0.5) is 0 Å². The van der Waals surface area contributed by atoms with E-state index in [9.17, 15) is 4.79 Å². The number of rotatable bonds is 3. The van der Waals surface area contributed by atoms with Crippen LogP contribution in [0.3, 0.4) is 0 Å². The zero-order valence-corrected chi connectivity index (χ0v) is 5.85. The Kier molecular flexibility index (Phi) is 3.71. The zero-order valence-electron chi connectivity index (χ0n) is 5.85. The number of nitrogens with one attached hydrogen (secondary N) is 1. The molecule has 0 unspecified atom stereocenters. The van der Waals surface area contributed by atoms with Crippen LogP contribution in [-0.2, 0) is 4.79 Å². The molecule has 1 amide bonds. The van der Waals surface area contributed by atoms with E-state index in [1.165, 1.54) is 11.1 Å². The Balaban J connectivity index is 3.78. The highest BCUT2D eigenvalue weighted by molar-refractivity contribution is 5.86. The molecule has 3 nitrogen and oxygen atoms in total. The lowest BCUT2D eigenvalue weighted by Gasteiger charge is -2.16. The molecule has 0 heterocycles. The molecule has 0 saturated carbocycles. The van der Waals surface area contributed by atoms with Gasteiger partial charge in [-0.2, -0.15) is 0 Å². The van der Waals surface area contributed by atoms with E-state index in [2.05, 4.69) is 12.0 Å². The van der Waals surface area contributed by atoms with Crippen LogP contribution in [0.5, 0.6) is 0 Å². The summed E-state index contributed by atoms with van der Waals surface area (Å²) in [4.78, 5) is 10.7. The summed E-state index contributed by atoms with van der Waals surface area (Å²) in [7, 11) is 1.70. The average molecular weight is 128 g/mol. The van der Waals surface area contributed by atoms with Gasteiger partial charge in [0.2, 0.25) is 0 Å². The summed E-state index contributed by atoms with van der Waals surface area (Å²) in [6.07, 6.45) is 1.28. The molecule has 0 aromatic heterocycles. The van der Waals surface area contributed by atoms with Gasteiger partial charge in [0.1, 0.15) is 0 Å². The molecule has 0 atom stereocenters.